The quantitative estimate of drug-likeness (QED) is 0.416. The van der Waals surface area contributed by atoms with Crippen LogP contribution in [-0.4, -0.2) is 28.3 Å². The van der Waals surface area contributed by atoms with E-state index in [9.17, 15) is 4.79 Å². The van der Waals surface area contributed by atoms with E-state index >= 15 is 0 Å². The molecule has 4 rings (SSSR count). The maximum atomic E-state index is 12.0. The van der Waals surface area contributed by atoms with Crippen LogP contribution in [0.1, 0.15) is 11.1 Å². The summed E-state index contributed by atoms with van der Waals surface area (Å²) in [6, 6.07) is 15.3. The van der Waals surface area contributed by atoms with Gasteiger partial charge in [0.05, 0.1) is 28.1 Å². The Balaban J connectivity index is 1.37. The molecule has 2 aromatic heterocycles. The number of rotatable bonds is 5. The van der Waals surface area contributed by atoms with E-state index in [2.05, 4.69) is 21.5 Å². The third-order valence-corrected chi connectivity index (χ3v) is 5.09. The second-order valence-electron chi connectivity index (χ2n) is 6.08. The number of thiazole rings is 1. The van der Waals surface area contributed by atoms with Crippen LogP contribution in [0.2, 0.25) is 0 Å². The lowest BCUT2D eigenvalue weighted by atomic mass is 10.2. The largest absolute Gasteiger partial charge is 0.386 e. The van der Waals surface area contributed by atoms with Gasteiger partial charge >= 0.3 is 0 Å². The molecule has 138 valence electrons. The van der Waals surface area contributed by atoms with Crippen molar-refractivity contribution in [2.75, 3.05) is 11.9 Å². The fourth-order valence-electron chi connectivity index (χ4n) is 2.87. The molecule has 0 spiro atoms. The number of amides is 1. The molecule has 8 heteroatoms. The van der Waals surface area contributed by atoms with E-state index in [1.807, 2.05) is 42.1 Å². The van der Waals surface area contributed by atoms with Crippen molar-refractivity contribution in [1.29, 1.82) is 5.26 Å². The van der Waals surface area contributed by atoms with Crippen molar-refractivity contribution >= 4 is 49.7 Å². The maximum absolute atomic E-state index is 12.0. The van der Waals surface area contributed by atoms with E-state index in [1.165, 1.54) is 11.3 Å². The lowest BCUT2D eigenvalue weighted by molar-refractivity contribution is -0.120. The smallest absolute Gasteiger partial charge is 0.266 e. The number of carbonyl (C=O) groups excluding carboxylic acids is 1. The molecule has 1 N–H and O–H groups in total. The van der Waals surface area contributed by atoms with Gasteiger partial charge in [0.25, 0.3) is 5.91 Å². The van der Waals surface area contributed by atoms with Gasteiger partial charge in [-0.3, -0.25) is 10.1 Å². The van der Waals surface area contributed by atoms with E-state index in [-0.39, 0.29) is 12.5 Å². The van der Waals surface area contributed by atoms with Crippen LogP contribution >= 0.6 is 11.3 Å². The van der Waals surface area contributed by atoms with Crippen LogP contribution in [0.5, 0.6) is 0 Å². The number of nitrogens with zero attached hydrogens (tertiary/aromatic N) is 4. The number of hydrogen-bond donors (Lipinski definition) is 1. The Morgan fingerprint density at radius 3 is 3.11 bits per heavy atom. The number of fused-ring (bicyclic) bond motifs is 2. The Bertz CT molecular complexity index is 1250. The number of aromatic nitrogens is 2. The average molecular weight is 389 g/mol. The average Bonchev–Trinajstić information content (AvgIpc) is 3.25. The molecule has 2 heterocycles. The molecule has 0 aliphatic rings. The van der Waals surface area contributed by atoms with Crippen molar-refractivity contribution in [2.24, 2.45) is 12.2 Å². The van der Waals surface area contributed by atoms with Gasteiger partial charge in [-0.15, -0.1) is 0 Å². The summed E-state index contributed by atoms with van der Waals surface area (Å²) in [7, 11) is 1.96. The van der Waals surface area contributed by atoms with Crippen molar-refractivity contribution in [3.63, 3.8) is 0 Å². The summed E-state index contributed by atoms with van der Waals surface area (Å²) in [5, 5.41) is 17.0. The van der Waals surface area contributed by atoms with E-state index in [0.717, 1.165) is 26.7 Å². The molecule has 0 bridgehead atoms. The number of carbonyl (C=O) groups is 1. The predicted molar refractivity (Wildman–Crippen MR) is 109 cm³/mol. The fourth-order valence-corrected chi connectivity index (χ4v) is 3.79. The molecule has 0 aliphatic heterocycles. The highest BCUT2D eigenvalue weighted by molar-refractivity contribution is 7.22. The number of anilines is 1. The van der Waals surface area contributed by atoms with Gasteiger partial charge in [0, 0.05) is 29.7 Å². The normalized spacial score (nSPS) is 11.1. The van der Waals surface area contributed by atoms with Gasteiger partial charge < -0.3 is 9.40 Å². The molecule has 7 nitrogen and oxygen atoms in total. The third kappa shape index (κ3) is 3.56. The van der Waals surface area contributed by atoms with E-state index in [4.69, 9.17) is 10.1 Å². The van der Waals surface area contributed by atoms with Crippen molar-refractivity contribution in [3.05, 3.63) is 59.8 Å². The lowest BCUT2D eigenvalue weighted by Gasteiger charge is -1.99. The fraction of sp³-hybridized carbons (Fsp3) is 0.100. The van der Waals surface area contributed by atoms with Crippen molar-refractivity contribution < 1.29 is 9.63 Å². The third-order valence-electron chi connectivity index (χ3n) is 4.15. The summed E-state index contributed by atoms with van der Waals surface area (Å²) < 4.78 is 2.85. The second-order valence-corrected chi connectivity index (χ2v) is 7.11. The van der Waals surface area contributed by atoms with Gasteiger partial charge in [-0.05, 0) is 24.3 Å². The van der Waals surface area contributed by atoms with Crippen LogP contribution in [0, 0.1) is 11.3 Å². The molecule has 0 aliphatic carbocycles. The first-order chi connectivity index (χ1) is 13.6. The number of hydrogen-bond acceptors (Lipinski definition) is 6. The Morgan fingerprint density at radius 1 is 1.39 bits per heavy atom. The molecule has 1 amide bonds. The zero-order valence-corrected chi connectivity index (χ0v) is 15.7. The first-order valence-corrected chi connectivity index (χ1v) is 9.25. The number of benzene rings is 2. The Morgan fingerprint density at radius 2 is 2.25 bits per heavy atom. The van der Waals surface area contributed by atoms with Crippen molar-refractivity contribution in [2.45, 2.75) is 0 Å². The number of nitriles is 1. The van der Waals surface area contributed by atoms with Gasteiger partial charge in [0.1, 0.15) is 0 Å². The summed E-state index contributed by atoms with van der Waals surface area (Å²) in [5.74, 6) is -0.352. The van der Waals surface area contributed by atoms with Crippen LogP contribution in [0.3, 0.4) is 0 Å². The summed E-state index contributed by atoms with van der Waals surface area (Å²) in [4.78, 5) is 21.5. The van der Waals surface area contributed by atoms with Crippen LogP contribution in [-0.2, 0) is 16.7 Å². The SMILES string of the molecule is Cn1cc(/C=N/OCC(=O)Nc2nc3ccc(C#N)cc3s2)c2ccccc21. The minimum Gasteiger partial charge on any atom is -0.386 e. The highest BCUT2D eigenvalue weighted by Crippen LogP contribution is 2.26. The zero-order chi connectivity index (χ0) is 19.5. The Labute approximate surface area is 164 Å². The molecule has 2 aromatic carbocycles. The first kappa shape index (κ1) is 17.7. The zero-order valence-electron chi connectivity index (χ0n) is 14.9. The van der Waals surface area contributed by atoms with E-state index < -0.39 is 0 Å². The second kappa shape index (κ2) is 7.50. The van der Waals surface area contributed by atoms with Crippen molar-refractivity contribution in [1.82, 2.24) is 9.55 Å². The number of para-hydroxylation sites is 1. The number of oxime groups is 1. The van der Waals surface area contributed by atoms with Gasteiger partial charge in [0.15, 0.2) is 11.7 Å². The standard InChI is InChI=1S/C20H15N5O2S/c1-25-11-14(15-4-2-3-5-17(15)25)10-22-27-12-19(26)24-20-23-16-7-6-13(9-21)8-18(16)28-20/h2-8,10-11H,12H2,1H3,(H,23,24,26)/b22-10+. The molecular formula is C20H15N5O2S. The Kier molecular flexibility index (Phi) is 4.74. The summed E-state index contributed by atoms with van der Waals surface area (Å²) >= 11 is 1.30. The summed E-state index contributed by atoms with van der Waals surface area (Å²) in [6.45, 7) is -0.222. The van der Waals surface area contributed by atoms with Crippen LogP contribution < -0.4 is 5.32 Å². The molecule has 0 saturated carbocycles. The summed E-state index contributed by atoms with van der Waals surface area (Å²) in [6.07, 6.45) is 3.55. The molecular weight excluding hydrogens is 374 g/mol. The van der Waals surface area contributed by atoms with Crippen molar-refractivity contribution in [3.8, 4) is 6.07 Å². The topological polar surface area (TPSA) is 92.3 Å². The monoisotopic (exact) mass is 389 g/mol. The molecule has 0 fully saturated rings. The molecule has 0 unspecified atom stereocenters. The van der Waals surface area contributed by atoms with Gasteiger partial charge in [-0.1, -0.05) is 34.7 Å². The molecule has 28 heavy (non-hydrogen) atoms. The highest BCUT2D eigenvalue weighted by Gasteiger charge is 2.09. The Hall–Kier alpha value is -3.70. The van der Waals surface area contributed by atoms with Gasteiger partial charge in [-0.25, -0.2) is 4.98 Å². The van der Waals surface area contributed by atoms with Gasteiger partial charge in [0.2, 0.25) is 0 Å². The number of nitrogens with one attached hydrogen (secondary N) is 1. The maximum Gasteiger partial charge on any atom is 0.266 e. The first-order valence-electron chi connectivity index (χ1n) is 8.44. The minimum absolute atomic E-state index is 0.222. The minimum atomic E-state index is -0.352. The van der Waals surface area contributed by atoms with Gasteiger partial charge in [-0.2, -0.15) is 5.26 Å². The molecule has 4 aromatic rings. The molecule has 0 saturated heterocycles. The van der Waals surface area contributed by atoms with E-state index in [0.29, 0.717) is 10.7 Å². The summed E-state index contributed by atoms with van der Waals surface area (Å²) in [5.41, 5.74) is 3.30. The highest BCUT2D eigenvalue weighted by atomic mass is 32.1. The molecule has 0 atom stereocenters. The van der Waals surface area contributed by atoms with Crippen LogP contribution in [0.15, 0.2) is 53.8 Å². The van der Waals surface area contributed by atoms with Crippen LogP contribution in [0.4, 0.5) is 5.13 Å². The molecule has 0 radical (unpaired) electrons. The predicted octanol–water partition coefficient (Wildman–Crippen LogP) is 3.65. The van der Waals surface area contributed by atoms with Crippen LogP contribution in [0.25, 0.3) is 21.1 Å². The number of aryl methyl sites for hydroxylation is 1. The van der Waals surface area contributed by atoms with E-state index in [1.54, 1.807) is 24.4 Å². The lowest BCUT2D eigenvalue weighted by Crippen LogP contribution is -2.16.